The second kappa shape index (κ2) is 4.30. The molecule has 0 radical (unpaired) electrons. The summed E-state index contributed by atoms with van der Waals surface area (Å²) in [7, 11) is 0. The molecule has 1 fully saturated rings. The number of aromatic amines is 1. The minimum atomic E-state index is 0.869. The SMILES string of the molecule is c1ccc2c(C[NH2+]C3CCCC3)c[nH]c2c1. The van der Waals surface area contributed by atoms with Gasteiger partial charge in [0.25, 0.3) is 0 Å². The summed E-state index contributed by atoms with van der Waals surface area (Å²) in [6.45, 7) is 1.12. The quantitative estimate of drug-likeness (QED) is 0.786. The van der Waals surface area contributed by atoms with Crippen LogP contribution in [0.15, 0.2) is 30.5 Å². The van der Waals surface area contributed by atoms with Crippen LogP contribution in [0, 0.1) is 0 Å². The summed E-state index contributed by atoms with van der Waals surface area (Å²) in [5, 5.41) is 3.90. The Bertz CT molecular complexity index is 466. The van der Waals surface area contributed by atoms with E-state index in [-0.39, 0.29) is 0 Å². The second-order valence-corrected chi connectivity index (χ2v) is 4.84. The van der Waals surface area contributed by atoms with Crippen LogP contribution in [0.3, 0.4) is 0 Å². The average Bonchev–Trinajstić information content (AvgIpc) is 2.96. The van der Waals surface area contributed by atoms with Crippen molar-refractivity contribution < 1.29 is 5.32 Å². The fourth-order valence-corrected chi connectivity index (χ4v) is 2.79. The van der Waals surface area contributed by atoms with Crippen LogP contribution in [0.5, 0.6) is 0 Å². The van der Waals surface area contributed by atoms with Gasteiger partial charge in [-0.1, -0.05) is 18.2 Å². The zero-order valence-corrected chi connectivity index (χ0v) is 9.58. The van der Waals surface area contributed by atoms with Gasteiger partial charge in [-0.15, -0.1) is 0 Å². The minimum Gasteiger partial charge on any atom is -0.361 e. The van der Waals surface area contributed by atoms with E-state index in [1.165, 1.54) is 42.1 Å². The van der Waals surface area contributed by atoms with Crippen molar-refractivity contribution in [1.29, 1.82) is 0 Å². The molecule has 0 saturated heterocycles. The number of aromatic nitrogens is 1. The summed E-state index contributed by atoms with van der Waals surface area (Å²) < 4.78 is 0. The number of H-pyrrole nitrogens is 1. The Morgan fingerprint density at radius 3 is 2.88 bits per heavy atom. The van der Waals surface area contributed by atoms with Crippen molar-refractivity contribution in [3.05, 3.63) is 36.0 Å². The summed E-state index contributed by atoms with van der Waals surface area (Å²) in [6, 6.07) is 9.44. The molecule has 1 aliphatic carbocycles. The van der Waals surface area contributed by atoms with Crippen molar-refractivity contribution in [2.45, 2.75) is 38.3 Å². The summed E-state index contributed by atoms with van der Waals surface area (Å²) in [4.78, 5) is 3.34. The Kier molecular flexibility index (Phi) is 2.66. The highest BCUT2D eigenvalue weighted by atomic mass is 14.9. The molecule has 0 bridgehead atoms. The number of nitrogens with two attached hydrogens (primary N) is 1. The molecule has 0 atom stereocenters. The van der Waals surface area contributed by atoms with Crippen molar-refractivity contribution in [3.63, 3.8) is 0 Å². The Morgan fingerprint density at radius 2 is 2.00 bits per heavy atom. The third-order valence-corrected chi connectivity index (χ3v) is 3.75. The van der Waals surface area contributed by atoms with E-state index in [0.29, 0.717) is 0 Å². The van der Waals surface area contributed by atoms with Gasteiger partial charge < -0.3 is 10.3 Å². The predicted molar refractivity (Wildman–Crippen MR) is 66.2 cm³/mol. The Hall–Kier alpha value is -1.28. The molecule has 2 aromatic rings. The smallest absolute Gasteiger partial charge is 0.104 e. The number of quaternary nitrogens is 1. The maximum absolute atomic E-state index is 3.34. The maximum atomic E-state index is 3.34. The van der Waals surface area contributed by atoms with Gasteiger partial charge in [-0.2, -0.15) is 0 Å². The van der Waals surface area contributed by atoms with E-state index < -0.39 is 0 Å². The van der Waals surface area contributed by atoms with Crippen molar-refractivity contribution in [3.8, 4) is 0 Å². The molecule has 1 aromatic heterocycles. The molecular formula is C14H19N2+. The molecule has 2 nitrogen and oxygen atoms in total. The van der Waals surface area contributed by atoms with E-state index in [1.807, 2.05) is 0 Å². The Balaban J connectivity index is 1.73. The van der Waals surface area contributed by atoms with Crippen LogP contribution in [0.1, 0.15) is 31.2 Å². The molecule has 16 heavy (non-hydrogen) atoms. The zero-order valence-electron chi connectivity index (χ0n) is 9.58. The number of fused-ring (bicyclic) bond motifs is 1. The molecular weight excluding hydrogens is 196 g/mol. The molecule has 84 valence electrons. The van der Waals surface area contributed by atoms with E-state index in [0.717, 1.165) is 12.6 Å². The highest BCUT2D eigenvalue weighted by molar-refractivity contribution is 5.82. The van der Waals surface area contributed by atoms with Gasteiger partial charge in [0.2, 0.25) is 0 Å². The van der Waals surface area contributed by atoms with Crippen molar-refractivity contribution >= 4 is 10.9 Å². The third kappa shape index (κ3) is 1.85. The summed E-state index contributed by atoms with van der Waals surface area (Å²) in [5.74, 6) is 0. The van der Waals surface area contributed by atoms with Crippen LogP contribution in [0.2, 0.25) is 0 Å². The summed E-state index contributed by atoms with van der Waals surface area (Å²) in [6.07, 6.45) is 7.82. The number of para-hydroxylation sites is 1. The van der Waals surface area contributed by atoms with E-state index in [1.54, 1.807) is 0 Å². The Labute approximate surface area is 96.1 Å². The molecule has 2 heteroatoms. The van der Waals surface area contributed by atoms with Crippen LogP contribution in [0.4, 0.5) is 0 Å². The van der Waals surface area contributed by atoms with Crippen LogP contribution in [-0.2, 0) is 6.54 Å². The van der Waals surface area contributed by atoms with Crippen LogP contribution in [-0.4, -0.2) is 11.0 Å². The fraction of sp³-hybridized carbons (Fsp3) is 0.429. The van der Waals surface area contributed by atoms with Gasteiger partial charge in [0.05, 0.1) is 6.04 Å². The van der Waals surface area contributed by atoms with E-state index >= 15 is 0 Å². The van der Waals surface area contributed by atoms with Gasteiger partial charge in [0.1, 0.15) is 6.54 Å². The molecule has 1 heterocycles. The normalized spacial score (nSPS) is 17.2. The second-order valence-electron chi connectivity index (χ2n) is 4.84. The van der Waals surface area contributed by atoms with Crippen molar-refractivity contribution in [2.75, 3.05) is 0 Å². The van der Waals surface area contributed by atoms with Crippen molar-refractivity contribution in [1.82, 2.24) is 4.98 Å². The highest BCUT2D eigenvalue weighted by Crippen LogP contribution is 2.18. The number of hydrogen-bond donors (Lipinski definition) is 2. The van der Waals surface area contributed by atoms with Gasteiger partial charge in [-0.05, 0) is 31.7 Å². The summed E-state index contributed by atoms with van der Waals surface area (Å²) in [5.41, 5.74) is 2.71. The van der Waals surface area contributed by atoms with E-state index in [9.17, 15) is 0 Å². The summed E-state index contributed by atoms with van der Waals surface area (Å²) >= 11 is 0. The highest BCUT2D eigenvalue weighted by Gasteiger charge is 2.17. The average molecular weight is 215 g/mol. The lowest BCUT2D eigenvalue weighted by atomic mass is 10.1. The molecule has 3 rings (SSSR count). The number of benzene rings is 1. The van der Waals surface area contributed by atoms with E-state index in [4.69, 9.17) is 0 Å². The van der Waals surface area contributed by atoms with Gasteiger partial charge in [0.15, 0.2) is 0 Å². The zero-order chi connectivity index (χ0) is 10.8. The minimum absolute atomic E-state index is 0.869. The Morgan fingerprint density at radius 1 is 1.19 bits per heavy atom. The maximum Gasteiger partial charge on any atom is 0.104 e. The van der Waals surface area contributed by atoms with Gasteiger partial charge in [-0.25, -0.2) is 0 Å². The van der Waals surface area contributed by atoms with Crippen molar-refractivity contribution in [2.24, 2.45) is 0 Å². The standard InChI is InChI=1S/C14H18N2/c1-2-6-12(5-1)15-9-11-10-16-14-8-4-3-7-13(11)14/h3-4,7-8,10,12,15-16H,1-2,5-6,9H2/p+1. The number of nitrogens with one attached hydrogen (secondary N) is 1. The lowest BCUT2D eigenvalue weighted by Gasteiger charge is -2.07. The number of rotatable bonds is 3. The van der Waals surface area contributed by atoms with Gasteiger partial charge >= 0.3 is 0 Å². The molecule has 0 amide bonds. The first-order valence-electron chi connectivity index (χ1n) is 6.32. The van der Waals surface area contributed by atoms with Gasteiger partial charge in [-0.3, -0.25) is 0 Å². The molecule has 1 aliphatic rings. The first kappa shape index (κ1) is 9.91. The predicted octanol–water partition coefficient (Wildman–Crippen LogP) is 2.17. The lowest BCUT2D eigenvalue weighted by molar-refractivity contribution is -0.703. The van der Waals surface area contributed by atoms with Crippen LogP contribution >= 0.6 is 0 Å². The molecule has 0 unspecified atom stereocenters. The lowest BCUT2D eigenvalue weighted by Crippen LogP contribution is -2.87. The monoisotopic (exact) mass is 215 g/mol. The first-order valence-corrected chi connectivity index (χ1v) is 6.32. The molecule has 0 aliphatic heterocycles. The molecule has 3 N–H and O–H groups in total. The number of hydrogen-bond acceptors (Lipinski definition) is 0. The molecule has 1 saturated carbocycles. The van der Waals surface area contributed by atoms with Crippen LogP contribution < -0.4 is 5.32 Å². The van der Waals surface area contributed by atoms with Crippen LogP contribution in [0.25, 0.3) is 10.9 Å². The molecule has 1 aromatic carbocycles. The molecule has 0 spiro atoms. The first-order chi connectivity index (χ1) is 7.93. The third-order valence-electron chi connectivity index (χ3n) is 3.75. The fourth-order valence-electron chi connectivity index (χ4n) is 2.79. The largest absolute Gasteiger partial charge is 0.361 e. The topological polar surface area (TPSA) is 32.4 Å². The van der Waals surface area contributed by atoms with E-state index in [2.05, 4.69) is 40.8 Å². The van der Waals surface area contributed by atoms with Gasteiger partial charge in [0, 0.05) is 22.7 Å².